The molecule has 0 spiro atoms. The zero-order valence-corrected chi connectivity index (χ0v) is 15.0. The van der Waals surface area contributed by atoms with Gasteiger partial charge in [0.1, 0.15) is 12.2 Å². The van der Waals surface area contributed by atoms with Crippen LogP contribution in [-0.2, 0) is 0 Å². The summed E-state index contributed by atoms with van der Waals surface area (Å²) in [5.74, 6) is 4.75. The highest BCUT2D eigenvalue weighted by Crippen LogP contribution is 2.24. The Balaban J connectivity index is 1.61. The van der Waals surface area contributed by atoms with Gasteiger partial charge in [0, 0.05) is 5.39 Å². The lowest BCUT2D eigenvalue weighted by atomic mass is 10.1. The lowest BCUT2D eigenvalue weighted by Gasteiger charge is -2.05. The standard InChI is InChI=1S/C21H16FNO5/c1-26-18-10-6-7-14-13-15(21(25)28-19(14)18)20(24)23-11-4-5-12-27-17-9-3-2-8-16(17)22/h2-3,6-10,13H,11-12H2,1H3,(H,23,24). The molecule has 0 aliphatic carbocycles. The van der Waals surface area contributed by atoms with Gasteiger partial charge in [-0.15, -0.1) is 0 Å². The molecule has 142 valence electrons. The number of methoxy groups -OCH3 is 1. The predicted molar refractivity (Wildman–Crippen MR) is 101 cm³/mol. The second-order valence-electron chi connectivity index (χ2n) is 5.58. The van der Waals surface area contributed by atoms with Gasteiger partial charge in [-0.25, -0.2) is 9.18 Å². The molecule has 0 aliphatic heterocycles. The Morgan fingerprint density at radius 3 is 2.71 bits per heavy atom. The smallest absolute Gasteiger partial charge is 0.349 e. The number of carbonyl (C=O) groups excluding carboxylic acids is 1. The number of hydrogen-bond acceptors (Lipinski definition) is 5. The Morgan fingerprint density at radius 1 is 1.14 bits per heavy atom. The van der Waals surface area contributed by atoms with E-state index in [2.05, 4.69) is 17.2 Å². The van der Waals surface area contributed by atoms with Crippen molar-refractivity contribution in [2.75, 3.05) is 20.3 Å². The van der Waals surface area contributed by atoms with Gasteiger partial charge in [0.15, 0.2) is 22.9 Å². The number of halogens is 1. The molecule has 7 heteroatoms. The summed E-state index contributed by atoms with van der Waals surface area (Å²) in [4.78, 5) is 24.3. The van der Waals surface area contributed by atoms with E-state index >= 15 is 0 Å². The predicted octanol–water partition coefficient (Wildman–Crippen LogP) is 2.75. The minimum Gasteiger partial charge on any atom is -0.493 e. The van der Waals surface area contributed by atoms with Gasteiger partial charge in [-0.3, -0.25) is 4.79 Å². The number of hydrogen-bond donors (Lipinski definition) is 1. The molecular weight excluding hydrogens is 365 g/mol. The summed E-state index contributed by atoms with van der Waals surface area (Å²) >= 11 is 0. The molecule has 1 aromatic heterocycles. The second kappa shape index (κ2) is 8.73. The van der Waals surface area contributed by atoms with Crippen molar-refractivity contribution in [1.82, 2.24) is 5.32 Å². The fraction of sp³-hybridized carbons (Fsp3) is 0.143. The molecular formula is C21H16FNO5. The molecule has 2 aromatic carbocycles. The number of benzene rings is 2. The lowest BCUT2D eigenvalue weighted by Crippen LogP contribution is -2.28. The van der Waals surface area contributed by atoms with Gasteiger partial charge >= 0.3 is 5.63 Å². The number of rotatable bonds is 5. The van der Waals surface area contributed by atoms with Crippen LogP contribution in [0.3, 0.4) is 0 Å². The third-order valence-corrected chi connectivity index (χ3v) is 3.79. The topological polar surface area (TPSA) is 77.8 Å². The zero-order valence-electron chi connectivity index (χ0n) is 15.0. The molecule has 28 heavy (non-hydrogen) atoms. The van der Waals surface area contributed by atoms with Crippen molar-refractivity contribution in [2.45, 2.75) is 0 Å². The van der Waals surface area contributed by atoms with Crippen molar-refractivity contribution in [3.63, 3.8) is 0 Å². The Hall–Kier alpha value is -3.79. The molecule has 1 heterocycles. The third-order valence-electron chi connectivity index (χ3n) is 3.79. The van der Waals surface area contributed by atoms with Crippen LogP contribution in [0, 0.1) is 17.7 Å². The maximum absolute atomic E-state index is 13.4. The quantitative estimate of drug-likeness (QED) is 0.543. The Labute approximate surface area is 159 Å². The SMILES string of the molecule is COc1cccc2cc(C(=O)NCC#CCOc3ccccc3F)c(=O)oc12. The largest absolute Gasteiger partial charge is 0.493 e. The van der Waals surface area contributed by atoms with Crippen LogP contribution in [-0.4, -0.2) is 26.2 Å². The van der Waals surface area contributed by atoms with Crippen molar-refractivity contribution < 1.29 is 23.1 Å². The van der Waals surface area contributed by atoms with E-state index in [1.807, 2.05) is 0 Å². The lowest BCUT2D eigenvalue weighted by molar-refractivity contribution is 0.0955. The highest BCUT2D eigenvalue weighted by atomic mass is 19.1. The van der Waals surface area contributed by atoms with E-state index in [0.29, 0.717) is 11.1 Å². The van der Waals surface area contributed by atoms with E-state index in [0.717, 1.165) is 0 Å². The summed E-state index contributed by atoms with van der Waals surface area (Å²) in [7, 11) is 1.46. The highest BCUT2D eigenvalue weighted by Gasteiger charge is 2.14. The molecule has 0 radical (unpaired) electrons. The molecule has 1 amide bonds. The minimum atomic E-state index is -0.773. The van der Waals surface area contributed by atoms with Crippen LogP contribution < -0.4 is 20.4 Å². The average molecular weight is 381 g/mol. The monoisotopic (exact) mass is 381 g/mol. The number of para-hydroxylation sites is 2. The number of nitrogens with one attached hydrogen (secondary N) is 1. The molecule has 0 fully saturated rings. The van der Waals surface area contributed by atoms with Crippen molar-refractivity contribution >= 4 is 16.9 Å². The van der Waals surface area contributed by atoms with E-state index in [1.54, 1.807) is 30.3 Å². The number of ether oxygens (including phenoxy) is 2. The van der Waals surface area contributed by atoms with Crippen LogP contribution in [0.15, 0.2) is 57.7 Å². The molecule has 0 aliphatic rings. The highest BCUT2D eigenvalue weighted by molar-refractivity contribution is 5.97. The van der Waals surface area contributed by atoms with Crippen LogP contribution in [0.5, 0.6) is 11.5 Å². The summed E-state index contributed by atoms with van der Waals surface area (Å²) in [5, 5.41) is 3.07. The summed E-state index contributed by atoms with van der Waals surface area (Å²) in [5.41, 5.74) is -0.632. The first-order valence-corrected chi connectivity index (χ1v) is 8.32. The van der Waals surface area contributed by atoms with Gasteiger partial charge in [0.05, 0.1) is 13.7 Å². The van der Waals surface area contributed by atoms with Crippen LogP contribution in [0.1, 0.15) is 10.4 Å². The van der Waals surface area contributed by atoms with Crippen molar-refractivity contribution in [3.8, 4) is 23.3 Å². The summed E-state index contributed by atoms with van der Waals surface area (Å²) in [6.07, 6.45) is 0. The number of amides is 1. The van der Waals surface area contributed by atoms with Crippen molar-refractivity contribution in [3.05, 3.63) is 70.3 Å². The summed E-state index contributed by atoms with van der Waals surface area (Å²) in [6, 6.07) is 12.5. The molecule has 0 bridgehead atoms. The second-order valence-corrected chi connectivity index (χ2v) is 5.58. The first kappa shape index (κ1) is 19.0. The van der Waals surface area contributed by atoms with Crippen LogP contribution in [0.2, 0.25) is 0 Å². The molecule has 1 N–H and O–H groups in total. The molecule has 6 nitrogen and oxygen atoms in total. The Bertz CT molecular complexity index is 1130. The number of fused-ring (bicyclic) bond motifs is 1. The maximum Gasteiger partial charge on any atom is 0.349 e. The van der Waals surface area contributed by atoms with Gasteiger partial charge in [-0.2, -0.15) is 0 Å². The molecule has 0 saturated heterocycles. The van der Waals surface area contributed by atoms with Gasteiger partial charge < -0.3 is 19.2 Å². The average Bonchev–Trinajstić information content (AvgIpc) is 2.70. The fourth-order valence-electron chi connectivity index (χ4n) is 2.45. The van der Waals surface area contributed by atoms with E-state index in [9.17, 15) is 14.0 Å². The molecule has 0 unspecified atom stereocenters. The minimum absolute atomic E-state index is 0.00491. The van der Waals surface area contributed by atoms with E-state index in [4.69, 9.17) is 13.9 Å². The molecule has 3 rings (SSSR count). The first-order chi connectivity index (χ1) is 13.6. The Morgan fingerprint density at radius 2 is 1.93 bits per heavy atom. The van der Waals surface area contributed by atoms with Crippen LogP contribution >= 0.6 is 0 Å². The normalized spacial score (nSPS) is 10.1. The van der Waals surface area contributed by atoms with E-state index in [-0.39, 0.29) is 30.0 Å². The fourth-order valence-corrected chi connectivity index (χ4v) is 2.45. The molecule has 3 aromatic rings. The van der Waals surface area contributed by atoms with Gasteiger partial charge in [0.2, 0.25) is 0 Å². The third kappa shape index (κ3) is 4.30. The summed E-state index contributed by atoms with van der Waals surface area (Å²) in [6.45, 7) is -0.0379. The van der Waals surface area contributed by atoms with Crippen LogP contribution in [0.25, 0.3) is 11.0 Å². The van der Waals surface area contributed by atoms with Crippen molar-refractivity contribution in [2.24, 2.45) is 0 Å². The molecule has 0 saturated carbocycles. The van der Waals surface area contributed by atoms with Gasteiger partial charge in [0.25, 0.3) is 5.91 Å². The van der Waals surface area contributed by atoms with E-state index in [1.165, 1.54) is 25.3 Å². The first-order valence-electron chi connectivity index (χ1n) is 8.32. The summed E-state index contributed by atoms with van der Waals surface area (Å²) < 4.78 is 28.9. The van der Waals surface area contributed by atoms with Gasteiger partial charge in [-0.1, -0.05) is 36.1 Å². The van der Waals surface area contributed by atoms with Crippen LogP contribution in [0.4, 0.5) is 4.39 Å². The molecule has 0 atom stereocenters. The number of carbonyl (C=O) groups is 1. The van der Waals surface area contributed by atoms with E-state index < -0.39 is 17.3 Å². The maximum atomic E-state index is 13.4. The van der Waals surface area contributed by atoms with Crippen molar-refractivity contribution in [1.29, 1.82) is 0 Å². The zero-order chi connectivity index (χ0) is 19.9. The van der Waals surface area contributed by atoms with Gasteiger partial charge in [-0.05, 0) is 24.3 Å². The Kier molecular flexibility index (Phi) is 5.92.